The van der Waals surface area contributed by atoms with Gasteiger partial charge in [-0.15, -0.1) is 11.3 Å². The topological polar surface area (TPSA) is 38.7 Å². The van der Waals surface area contributed by atoms with Gasteiger partial charge in [-0.2, -0.15) is 0 Å². The van der Waals surface area contributed by atoms with Crippen LogP contribution in [0.4, 0.5) is 0 Å². The summed E-state index contributed by atoms with van der Waals surface area (Å²) in [6.07, 6.45) is 2.10. The van der Waals surface area contributed by atoms with Crippen molar-refractivity contribution in [1.29, 1.82) is 0 Å². The second kappa shape index (κ2) is 7.82. The van der Waals surface area contributed by atoms with E-state index >= 15 is 0 Å². The molecule has 0 fully saturated rings. The SMILES string of the molecule is COc1ccc(C(O)CCCc2cccs2)c(OC)c1Br. The van der Waals surface area contributed by atoms with Crippen molar-refractivity contribution >= 4 is 27.3 Å². The summed E-state index contributed by atoms with van der Waals surface area (Å²) in [6.45, 7) is 0. The van der Waals surface area contributed by atoms with Crippen molar-refractivity contribution in [3.63, 3.8) is 0 Å². The fraction of sp³-hybridized carbons (Fsp3) is 0.375. The van der Waals surface area contributed by atoms with Gasteiger partial charge in [0, 0.05) is 10.4 Å². The van der Waals surface area contributed by atoms with Crippen molar-refractivity contribution in [2.45, 2.75) is 25.4 Å². The van der Waals surface area contributed by atoms with E-state index in [1.165, 1.54) is 4.88 Å². The molecule has 1 unspecified atom stereocenters. The van der Waals surface area contributed by atoms with Gasteiger partial charge < -0.3 is 14.6 Å². The lowest BCUT2D eigenvalue weighted by Gasteiger charge is -2.17. The van der Waals surface area contributed by atoms with Crippen LogP contribution in [0.15, 0.2) is 34.1 Å². The van der Waals surface area contributed by atoms with E-state index in [9.17, 15) is 5.11 Å². The Bertz CT molecular complexity index is 569. The van der Waals surface area contributed by atoms with E-state index in [1.807, 2.05) is 12.1 Å². The van der Waals surface area contributed by atoms with Crippen LogP contribution in [-0.2, 0) is 6.42 Å². The highest BCUT2D eigenvalue weighted by Gasteiger charge is 2.18. The predicted molar refractivity (Wildman–Crippen MR) is 89.5 cm³/mol. The van der Waals surface area contributed by atoms with E-state index in [0.717, 1.165) is 22.9 Å². The minimum absolute atomic E-state index is 0.540. The van der Waals surface area contributed by atoms with E-state index in [0.29, 0.717) is 17.9 Å². The molecule has 0 aliphatic carbocycles. The van der Waals surface area contributed by atoms with Gasteiger partial charge in [-0.1, -0.05) is 6.07 Å². The van der Waals surface area contributed by atoms with Gasteiger partial charge in [0.15, 0.2) is 0 Å². The third-order valence-corrected chi connectivity index (χ3v) is 5.04. The molecule has 1 atom stereocenters. The molecule has 1 aromatic carbocycles. The average molecular weight is 371 g/mol. The zero-order valence-electron chi connectivity index (χ0n) is 12.1. The van der Waals surface area contributed by atoms with Gasteiger partial charge in [-0.3, -0.25) is 0 Å². The smallest absolute Gasteiger partial charge is 0.142 e. The second-order valence-electron chi connectivity index (χ2n) is 4.69. The van der Waals surface area contributed by atoms with Crippen molar-refractivity contribution in [3.05, 3.63) is 44.6 Å². The van der Waals surface area contributed by atoms with E-state index in [4.69, 9.17) is 9.47 Å². The quantitative estimate of drug-likeness (QED) is 0.774. The molecule has 2 aromatic rings. The molecule has 21 heavy (non-hydrogen) atoms. The standard InChI is InChI=1S/C16H19BrO3S/c1-19-14-9-8-12(16(20-2)15(14)17)13(18)7-3-5-11-6-4-10-21-11/h4,6,8-10,13,18H,3,5,7H2,1-2H3. The number of aliphatic hydroxyl groups excluding tert-OH is 1. The van der Waals surface area contributed by atoms with Crippen molar-refractivity contribution < 1.29 is 14.6 Å². The van der Waals surface area contributed by atoms with Gasteiger partial charge in [0.05, 0.1) is 20.3 Å². The number of benzene rings is 1. The van der Waals surface area contributed by atoms with E-state index in [-0.39, 0.29) is 0 Å². The number of methoxy groups -OCH3 is 2. The molecule has 0 radical (unpaired) electrons. The number of ether oxygens (including phenoxy) is 2. The Labute approximate surface area is 137 Å². The van der Waals surface area contributed by atoms with Crippen molar-refractivity contribution in [3.8, 4) is 11.5 Å². The molecule has 1 aromatic heterocycles. The monoisotopic (exact) mass is 370 g/mol. The number of aliphatic hydroxyl groups is 1. The van der Waals surface area contributed by atoms with Gasteiger partial charge in [-0.05, 0) is 58.8 Å². The maximum Gasteiger partial charge on any atom is 0.142 e. The van der Waals surface area contributed by atoms with Crippen LogP contribution in [0.5, 0.6) is 11.5 Å². The number of rotatable bonds is 7. The number of halogens is 1. The van der Waals surface area contributed by atoms with Gasteiger partial charge in [0.25, 0.3) is 0 Å². The number of thiophene rings is 1. The normalized spacial score (nSPS) is 12.2. The average Bonchev–Trinajstić information content (AvgIpc) is 3.00. The molecule has 3 nitrogen and oxygen atoms in total. The highest BCUT2D eigenvalue weighted by atomic mass is 79.9. The lowest BCUT2D eigenvalue weighted by molar-refractivity contribution is 0.160. The first kappa shape index (κ1) is 16.3. The van der Waals surface area contributed by atoms with E-state index in [2.05, 4.69) is 33.4 Å². The molecular weight excluding hydrogens is 352 g/mol. The zero-order chi connectivity index (χ0) is 15.2. The van der Waals surface area contributed by atoms with Gasteiger partial charge >= 0.3 is 0 Å². The van der Waals surface area contributed by atoms with Gasteiger partial charge in [0.2, 0.25) is 0 Å². The number of hydrogen-bond acceptors (Lipinski definition) is 4. The summed E-state index contributed by atoms with van der Waals surface area (Å²) < 4.78 is 11.4. The fourth-order valence-corrected chi connectivity index (χ4v) is 3.70. The van der Waals surface area contributed by atoms with Crippen molar-refractivity contribution in [2.75, 3.05) is 14.2 Å². The molecule has 114 valence electrons. The Morgan fingerprint density at radius 1 is 1.24 bits per heavy atom. The molecule has 0 saturated carbocycles. The zero-order valence-corrected chi connectivity index (χ0v) is 14.5. The molecule has 0 saturated heterocycles. The highest BCUT2D eigenvalue weighted by molar-refractivity contribution is 9.10. The molecular formula is C16H19BrO3S. The molecule has 1 N–H and O–H groups in total. The molecule has 0 bridgehead atoms. The first-order valence-corrected chi connectivity index (χ1v) is 8.45. The Morgan fingerprint density at radius 3 is 2.67 bits per heavy atom. The highest BCUT2D eigenvalue weighted by Crippen LogP contribution is 2.40. The van der Waals surface area contributed by atoms with Crippen LogP contribution in [0.1, 0.15) is 29.4 Å². The van der Waals surface area contributed by atoms with Crippen LogP contribution < -0.4 is 9.47 Å². The van der Waals surface area contributed by atoms with Crippen molar-refractivity contribution in [2.24, 2.45) is 0 Å². The minimum Gasteiger partial charge on any atom is -0.495 e. The number of hydrogen-bond donors (Lipinski definition) is 1. The Balaban J connectivity index is 2.04. The lowest BCUT2D eigenvalue weighted by atomic mass is 10.0. The third-order valence-electron chi connectivity index (χ3n) is 3.36. The summed E-state index contributed by atoms with van der Waals surface area (Å²) in [7, 11) is 3.21. The maximum atomic E-state index is 10.4. The summed E-state index contributed by atoms with van der Waals surface area (Å²) >= 11 is 5.22. The first-order valence-electron chi connectivity index (χ1n) is 6.78. The molecule has 0 aliphatic rings. The molecule has 5 heteroatoms. The van der Waals surface area contributed by atoms with Gasteiger partial charge in [-0.25, -0.2) is 0 Å². The molecule has 0 amide bonds. The Hall–Kier alpha value is -1.04. The number of aryl methyl sites for hydroxylation is 1. The fourth-order valence-electron chi connectivity index (χ4n) is 2.26. The predicted octanol–water partition coefficient (Wildman–Crippen LogP) is 4.58. The molecule has 0 aliphatic heterocycles. The third kappa shape index (κ3) is 3.99. The summed E-state index contributed by atoms with van der Waals surface area (Å²) in [5.41, 5.74) is 0.788. The summed E-state index contributed by atoms with van der Waals surface area (Å²) in [5, 5.41) is 12.5. The summed E-state index contributed by atoms with van der Waals surface area (Å²) in [6, 6.07) is 7.88. The summed E-state index contributed by atoms with van der Waals surface area (Å²) in [4.78, 5) is 1.35. The van der Waals surface area contributed by atoms with E-state index < -0.39 is 6.10 Å². The van der Waals surface area contributed by atoms with Crippen LogP contribution in [0.2, 0.25) is 0 Å². The lowest BCUT2D eigenvalue weighted by Crippen LogP contribution is -2.03. The van der Waals surface area contributed by atoms with Crippen LogP contribution in [-0.4, -0.2) is 19.3 Å². The van der Waals surface area contributed by atoms with Crippen LogP contribution in [0.25, 0.3) is 0 Å². The van der Waals surface area contributed by atoms with Crippen LogP contribution in [0.3, 0.4) is 0 Å². The minimum atomic E-state index is -0.540. The first-order chi connectivity index (χ1) is 10.2. The van der Waals surface area contributed by atoms with Gasteiger partial charge in [0.1, 0.15) is 16.0 Å². The van der Waals surface area contributed by atoms with Crippen LogP contribution >= 0.6 is 27.3 Å². The Morgan fingerprint density at radius 2 is 2.05 bits per heavy atom. The maximum absolute atomic E-state index is 10.4. The second-order valence-corrected chi connectivity index (χ2v) is 6.52. The molecule has 0 spiro atoms. The van der Waals surface area contributed by atoms with Crippen LogP contribution in [0, 0.1) is 0 Å². The van der Waals surface area contributed by atoms with Crippen molar-refractivity contribution in [1.82, 2.24) is 0 Å². The molecule has 1 heterocycles. The van der Waals surface area contributed by atoms with E-state index in [1.54, 1.807) is 25.6 Å². The molecule has 2 rings (SSSR count). The summed E-state index contributed by atoms with van der Waals surface area (Å²) in [5.74, 6) is 1.33. The Kier molecular flexibility index (Phi) is 6.08. The largest absolute Gasteiger partial charge is 0.495 e.